The summed E-state index contributed by atoms with van der Waals surface area (Å²) in [6, 6.07) is 0.182. The van der Waals surface area contributed by atoms with E-state index >= 15 is 0 Å². The van der Waals surface area contributed by atoms with E-state index in [1.54, 1.807) is 0 Å². The molecule has 4 saturated carbocycles. The number of rotatable bonds is 1. The number of epoxide rings is 1. The highest BCUT2D eigenvalue weighted by Gasteiger charge is 2.76. The summed E-state index contributed by atoms with van der Waals surface area (Å²) < 4.78 is 6.43. The first kappa shape index (κ1) is 18.3. The first-order valence-electron chi connectivity index (χ1n) is 12.0. The second kappa shape index (κ2) is 5.82. The summed E-state index contributed by atoms with van der Waals surface area (Å²) in [5, 5.41) is 10.3. The average molecular weight is 388 g/mol. The SMILES string of the molecule is C[C@]12CC[C@@H]3[C@@H](CC4OC45CC(O)CC[C@]35C)[C@@H]1CC(N1CCCCC1)C2=O. The second-order valence-corrected chi connectivity index (χ2v) is 11.6. The predicted octanol–water partition coefficient (Wildman–Crippen LogP) is 3.55. The van der Waals surface area contributed by atoms with Crippen LogP contribution < -0.4 is 0 Å². The van der Waals surface area contributed by atoms with Crippen LogP contribution in [0, 0.1) is 28.6 Å². The highest BCUT2D eigenvalue weighted by atomic mass is 16.6. The van der Waals surface area contributed by atoms with Crippen LogP contribution in [0.25, 0.3) is 0 Å². The number of hydrogen-bond donors (Lipinski definition) is 1. The van der Waals surface area contributed by atoms with Crippen LogP contribution in [0.2, 0.25) is 0 Å². The van der Waals surface area contributed by atoms with E-state index in [4.69, 9.17) is 4.74 Å². The monoisotopic (exact) mass is 387 g/mol. The Morgan fingerprint density at radius 3 is 2.61 bits per heavy atom. The Bertz CT molecular complexity index is 689. The van der Waals surface area contributed by atoms with Crippen LogP contribution >= 0.6 is 0 Å². The van der Waals surface area contributed by atoms with E-state index in [1.807, 2.05) is 0 Å². The highest BCUT2D eigenvalue weighted by molar-refractivity contribution is 5.92. The van der Waals surface area contributed by atoms with Crippen molar-refractivity contribution in [2.75, 3.05) is 13.1 Å². The van der Waals surface area contributed by atoms with Crippen LogP contribution in [0.15, 0.2) is 0 Å². The van der Waals surface area contributed by atoms with Gasteiger partial charge in [0.25, 0.3) is 0 Å². The maximum absolute atomic E-state index is 13.6. The minimum atomic E-state index is -0.181. The third-order valence-electron chi connectivity index (χ3n) is 10.6. The van der Waals surface area contributed by atoms with Crippen LogP contribution in [0.5, 0.6) is 0 Å². The molecule has 2 aliphatic heterocycles. The van der Waals surface area contributed by atoms with Gasteiger partial charge >= 0.3 is 0 Å². The molecule has 0 aromatic heterocycles. The van der Waals surface area contributed by atoms with Gasteiger partial charge in [-0.05, 0) is 82.2 Å². The molecule has 4 heteroatoms. The van der Waals surface area contributed by atoms with Crippen LogP contribution in [0.1, 0.15) is 78.1 Å². The molecular weight excluding hydrogens is 350 g/mol. The number of aliphatic hydroxyl groups is 1. The molecule has 6 rings (SSSR count). The van der Waals surface area contributed by atoms with Crippen molar-refractivity contribution in [1.82, 2.24) is 4.90 Å². The van der Waals surface area contributed by atoms with Gasteiger partial charge in [-0.15, -0.1) is 0 Å². The first-order valence-corrected chi connectivity index (χ1v) is 12.0. The molecule has 2 heterocycles. The van der Waals surface area contributed by atoms with Gasteiger partial charge in [-0.2, -0.15) is 0 Å². The van der Waals surface area contributed by atoms with Gasteiger partial charge in [0.2, 0.25) is 0 Å². The summed E-state index contributed by atoms with van der Waals surface area (Å²) in [5.74, 6) is 2.41. The van der Waals surface area contributed by atoms with Crippen molar-refractivity contribution in [1.29, 1.82) is 0 Å². The molecule has 0 bridgehead atoms. The van der Waals surface area contributed by atoms with E-state index in [2.05, 4.69) is 18.7 Å². The fourth-order valence-electron chi connectivity index (χ4n) is 8.99. The fourth-order valence-corrected chi connectivity index (χ4v) is 8.99. The molecule has 2 saturated heterocycles. The summed E-state index contributed by atoms with van der Waals surface area (Å²) in [6.07, 6.45) is 11.3. The number of ether oxygens (including phenoxy) is 1. The van der Waals surface area contributed by atoms with Crippen molar-refractivity contribution >= 4 is 5.78 Å². The standard InChI is InChI=1S/C24H37NO3/c1-22-8-7-17-16(12-20-24(28-20)14-15(26)6-9-23(17,24)2)18(22)13-19(21(22)27)25-10-4-3-5-11-25/h15-20,26H,3-14H2,1-2H3/t15?,16-,17-,18+,19?,20?,22+,23-,24?/m1/s1. The largest absolute Gasteiger partial charge is 0.393 e. The molecule has 156 valence electrons. The average Bonchev–Trinajstić information content (AvgIpc) is 3.32. The normalized spacial score (nSPS) is 58.5. The van der Waals surface area contributed by atoms with E-state index in [9.17, 15) is 9.90 Å². The van der Waals surface area contributed by atoms with E-state index in [1.165, 1.54) is 25.7 Å². The van der Waals surface area contributed by atoms with Gasteiger partial charge in [0.1, 0.15) is 5.60 Å². The molecule has 6 fully saturated rings. The quantitative estimate of drug-likeness (QED) is 0.699. The van der Waals surface area contributed by atoms with Crippen molar-refractivity contribution in [3.63, 3.8) is 0 Å². The predicted molar refractivity (Wildman–Crippen MR) is 107 cm³/mol. The minimum absolute atomic E-state index is 0.0472. The zero-order chi connectivity index (χ0) is 19.3. The van der Waals surface area contributed by atoms with Gasteiger partial charge in [-0.3, -0.25) is 9.69 Å². The van der Waals surface area contributed by atoms with Crippen LogP contribution in [0.4, 0.5) is 0 Å². The smallest absolute Gasteiger partial charge is 0.156 e. The molecule has 28 heavy (non-hydrogen) atoms. The van der Waals surface area contributed by atoms with Gasteiger partial charge in [0.05, 0.1) is 18.2 Å². The third-order valence-corrected chi connectivity index (χ3v) is 10.6. The number of likely N-dealkylation sites (tertiary alicyclic amines) is 1. The lowest BCUT2D eigenvalue weighted by Crippen LogP contribution is -2.58. The molecule has 1 spiro atoms. The lowest BCUT2D eigenvalue weighted by atomic mass is 9.45. The number of carbonyl (C=O) groups is 1. The summed E-state index contributed by atoms with van der Waals surface area (Å²) in [6.45, 7) is 7.02. The number of fused-ring (bicyclic) bond motifs is 4. The molecule has 6 aliphatic rings. The molecular formula is C24H37NO3. The molecule has 9 atom stereocenters. The number of aliphatic hydroxyl groups excluding tert-OH is 1. The molecule has 4 unspecified atom stereocenters. The Morgan fingerprint density at radius 2 is 1.82 bits per heavy atom. The van der Waals surface area contributed by atoms with Crippen LogP contribution in [0.3, 0.4) is 0 Å². The molecule has 0 radical (unpaired) electrons. The first-order chi connectivity index (χ1) is 13.4. The summed E-state index contributed by atoms with van der Waals surface area (Å²) in [4.78, 5) is 16.2. The van der Waals surface area contributed by atoms with Gasteiger partial charge in [-0.25, -0.2) is 0 Å². The van der Waals surface area contributed by atoms with E-state index in [0.29, 0.717) is 29.6 Å². The zero-order valence-corrected chi connectivity index (χ0v) is 17.7. The number of Topliss-reactive ketones (excluding diaryl/α,β-unsaturated/α-hetero) is 1. The van der Waals surface area contributed by atoms with Crippen molar-refractivity contribution < 1.29 is 14.6 Å². The molecule has 0 amide bonds. The molecule has 0 aromatic carbocycles. The molecule has 0 aromatic rings. The maximum atomic E-state index is 13.6. The van der Waals surface area contributed by atoms with Gasteiger partial charge in [0, 0.05) is 17.3 Å². The molecule has 1 N–H and O–H groups in total. The van der Waals surface area contributed by atoms with E-state index in [0.717, 1.165) is 51.6 Å². The van der Waals surface area contributed by atoms with Crippen LogP contribution in [-0.4, -0.2) is 52.7 Å². The molecule has 4 aliphatic carbocycles. The van der Waals surface area contributed by atoms with Gasteiger partial charge in [0.15, 0.2) is 5.78 Å². The topological polar surface area (TPSA) is 53.1 Å². The molecule has 4 nitrogen and oxygen atoms in total. The fraction of sp³-hybridized carbons (Fsp3) is 0.958. The zero-order valence-electron chi connectivity index (χ0n) is 17.7. The van der Waals surface area contributed by atoms with Crippen LogP contribution in [-0.2, 0) is 9.53 Å². The van der Waals surface area contributed by atoms with E-state index in [-0.39, 0.29) is 28.6 Å². The summed E-state index contributed by atoms with van der Waals surface area (Å²) in [7, 11) is 0. The van der Waals surface area contributed by atoms with Crippen molar-refractivity contribution in [3.8, 4) is 0 Å². The van der Waals surface area contributed by atoms with Crippen molar-refractivity contribution in [3.05, 3.63) is 0 Å². The summed E-state index contributed by atoms with van der Waals surface area (Å²) in [5.41, 5.74) is 0.0462. The van der Waals surface area contributed by atoms with Crippen molar-refractivity contribution in [2.24, 2.45) is 28.6 Å². The lowest BCUT2D eigenvalue weighted by molar-refractivity contribution is -0.140. The third kappa shape index (κ3) is 2.15. The number of nitrogens with zero attached hydrogens (tertiary/aromatic N) is 1. The van der Waals surface area contributed by atoms with Crippen molar-refractivity contribution in [2.45, 2.75) is 102 Å². The Balaban J connectivity index is 1.31. The second-order valence-electron chi connectivity index (χ2n) is 11.6. The minimum Gasteiger partial charge on any atom is -0.393 e. The Kier molecular flexibility index (Phi) is 3.81. The number of piperidine rings is 1. The number of carbonyl (C=O) groups excluding carboxylic acids is 1. The summed E-state index contributed by atoms with van der Waals surface area (Å²) >= 11 is 0. The van der Waals surface area contributed by atoms with E-state index < -0.39 is 0 Å². The Morgan fingerprint density at radius 1 is 1.04 bits per heavy atom. The number of hydrogen-bond acceptors (Lipinski definition) is 4. The number of ketones is 1. The lowest BCUT2D eigenvalue weighted by Gasteiger charge is -2.58. The maximum Gasteiger partial charge on any atom is 0.156 e. The Labute approximate surface area is 169 Å². The Hall–Kier alpha value is -0.450. The highest BCUT2D eigenvalue weighted by Crippen LogP contribution is 2.73. The van der Waals surface area contributed by atoms with Gasteiger partial charge in [-0.1, -0.05) is 20.3 Å². The van der Waals surface area contributed by atoms with Gasteiger partial charge < -0.3 is 9.84 Å².